The first-order valence-corrected chi connectivity index (χ1v) is 16.8. The second kappa shape index (κ2) is 12.9. The Morgan fingerprint density at radius 3 is 2.74 bits per heavy atom. The zero-order valence-electron chi connectivity index (χ0n) is 26.3. The SMILES string of the molecule is CC1(C)CCCC(C)(c2cccc(CCC(=O)O)c2)c2nc(n[nH]2)-c2cc(ccc2F)Oc2c(F)cc3[nH]ccc3c2CCSC1. The lowest BCUT2D eigenvalue weighted by molar-refractivity contribution is -0.136. The van der Waals surface area contributed by atoms with E-state index in [4.69, 9.17) is 9.72 Å². The Morgan fingerprint density at radius 2 is 1.91 bits per heavy atom. The van der Waals surface area contributed by atoms with E-state index >= 15 is 8.78 Å². The van der Waals surface area contributed by atoms with Gasteiger partial charge in [-0.2, -0.15) is 16.9 Å². The fourth-order valence-corrected chi connectivity index (χ4v) is 7.49. The molecule has 1 aliphatic heterocycles. The van der Waals surface area contributed by atoms with Crippen LogP contribution in [0.15, 0.2) is 60.8 Å². The molecule has 0 saturated carbocycles. The zero-order chi connectivity index (χ0) is 32.5. The monoisotopic (exact) mass is 644 g/mol. The number of carboxylic acids is 1. The third-order valence-corrected chi connectivity index (χ3v) is 10.5. The van der Waals surface area contributed by atoms with Gasteiger partial charge in [-0.05, 0) is 84.9 Å². The van der Waals surface area contributed by atoms with Crippen LogP contribution in [0.4, 0.5) is 8.78 Å². The lowest BCUT2D eigenvalue weighted by Crippen LogP contribution is -2.27. The van der Waals surface area contributed by atoms with Crippen molar-refractivity contribution in [2.24, 2.45) is 5.41 Å². The van der Waals surface area contributed by atoms with E-state index in [2.05, 4.69) is 36.0 Å². The molecular weight excluding hydrogens is 606 g/mol. The Morgan fingerprint density at radius 1 is 1.07 bits per heavy atom. The summed E-state index contributed by atoms with van der Waals surface area (Å²) in [5.74, 6) is 1.04. The predicted octanol–water partition coefficient (Wildman–Crippen LogP) is 8.83. The van der Waals surface area contributed by atoms with Crippen LogP contribution in [0.1, 0.15) is 69.0 Å². The van der Waals surface area contributed by atoms with Crippen molar-refractivity contribution in [1.82, 2.24) is 20.2 Å². The lowest BCUT2D eigenvalue weighted by atomic mass is 9.75. The van der Waals surface area contributed by atoms with Crippen molar-refractivity contribution in [1.29, 1.82) is 0 Å². The molecule has 7 nitrogen and oxygen atoms in total. The molecule has 240 valence electrons. The largest absolute Gasteiger partial charge is 0.481 e. The highest BCUT2D eigenvalue weighted by atomic mass is 32.2. The zero-order valence-corrected chi connectivity index (χ0v) is 27.1. The van der Waals surface area contributed by atoms with Crippen molar-refractivity contribution in [3.05, 3.63) is 94.9 Å². The quantitative estimate of drug-likeness (QED) is 0.181. The highest BCUT2D eigenvalue weighted by Gasteiger charge is 2.34. The number of aromatic nitrogens is 4. The molecule has 0 amide bonds. The summed E-state index contributed by atoms with van der Waals surface area (Å²) >= 11 is 1.84. The molecule has 0 spiro atoms. The van der Waals surface area contributed by atoms with E-state index in [1.807, 2.05) is 42.1 Å². The summed E-state index contributed by atoms with van der Waals surface area (Å²) in [7, 11) is 0. The van der Waals surface area contributed by atoms with E-state index < -0.39 is 23.0 Å². The Balaban J connectivity index is 1.43. The van der Waals surface area contributed by atoms with E-state index in [1.165, 1.54) is 24.3 Å². The van der Waals surface area contributed by atoms with Crippen LogP contribution in [0.2, 0.25) is 0 Å². The minimum absolute atomic E-state index is 0.0399. The second-order valence-electron chi connectivity index (χ2n) is 13.1. The number of aliphatic carboxylic acids is 1. The predicted molar refractivity (Wildman–Crippen MR) is 178 cm³/mol. The van der Waals surface area contributed by atoms with Crippen LogP contribution in [0.5, 0.6) is 11.5 Å². The number of nitrogens with zero attached hydrogens (tertiary/aromatic N) is 2. The first-order valence-electron chi connectivity index (χ1n) is 15.6. The number of carboxylic acid groups (broad SMARTS) is 1. The van der Waals surface area contributed by atoms with E-state index in [9.17, 15) is 9.90 Å². The van der Waals surface area contributed by atoms with Crippen LogP contribution in [-0.2, 0) is 23.1 Å². The smallest absolute Gasteiger partial charge is 0.303 e. The van der Waals surface area contributed by atoms with E-state index in [0.717, 1.165) is 52.8 Å². The van der Waals surface area contributed by atoms with Gasteiger partial charge in [0.25, 0.3) is 0 Å². The fourth-order valence-electron chi connectivity index (χ4n) is 6.30. The summed E-state index contributed by atoms with van der Waals surface area (Å²) in [6, 6.07) is 15.6. The number of rotatable bonds is 4. The van der Waals surface area contributed by atoms with Gasteiger partial charge in [-0.25, -0.2) is 13.8 Å². The van der Waals surface area contributed by atoms with Crippen LogP contribution >= 0.6 is 11.8 Å². The molecule has 0 radical (unpaired) electrons. The molecule has 10 heteroatoms. The van der Waals surface area contributed by atoms with Crippen LogP contribution in [0.25, 0.3) is 22.3 Å². The number of hydrogen-bond donors (Lipinski definition) is 3. The van der Waals surface area contributed by atoms with Crippen LogP contribution in [0, 0.1) is 17.0 Å². The maximum atomic E-state index is 15.5. The maximum Gasteiger partial charge on any atom is 0.303 e. The fraction of sp³-hybridized carbons (Fsp3) is 0.361. The van der Waals surface area contributed by atoms with Crippen LogP contribution in [0.3, 0.4) is 0 Å². The molecule has 6 rings (SSSR count). The van der Waals surface area contributed by atoms with Gasteiger partial charge >= 0.3 is 5.97 Å². The Kier molecular flexibility index (Phi) is 8.92. The van der Waals surface area contributed by atoms with Gasteiger partial charge < -0.3 is 14.8 Å². The molecule has 0 aliphatic carbocycles. The lowest BCUT2D eigenvalue weighted by Gasteiger charge is -2.31. The third-order valence-electron chi connectivity index (χ3n) is 8.98. The molecule has 4 bridgehead atoms. The molecular formula is C36H38F2N4O3S. The van der Waals surface area contributed by atoms with E-state index in [1.54, 1.807) is 6.20 Å². The van der Waals surface area contributed by atoms with Gasteiger partial charge in [0.15, 0.2) is 17.4 Å². The molecule has 3 aromatic carbocycles. The third kappa shape index (κ3) is 6.67. The Labute approximate surface area is 271 Å². The average molecular weight is 645 g/mol. The van der Waals surface area contributed by atoms with Crippen LogP contribution in [-0.4, -0.2) is 42.7 Å². The molecule has 3 N–H and O–H groups in total. The normalized spacial score (nSPS) is 18.7. The second-order valence-corrected chi connectivity index (χ2v) is 14.2. The number of thioether (sulfide) groups is 1. The number of halogens is 2. The Hall–Kier alpha value is -4.18. The minimum atomic E-state index is -0.843. The molecule has 0 fully saturated rings. The molecule has 5 aromatic rings. The van der Waals surface area contributed by atoms with Crippen molar-refractivity contribution < 1.29 is 23.4 Å². The van der Waals surface area contributed by atoms with Crippen molar-refractivity contribution in [2.45, 2.75) is 64.7 Å². The van der Waals surface area contributed by atoms with Gasteiger partial charge in [0.05, 0.1) is 11.0 Å². The summed E-state index contributed by atoms with van der Waals surface area (Å²) in [6.45, 7) is 6.64. The highest BCUT2D eigenvalue weighted by molar-refractivity contribution is 7.99. The number of ether oxygens (including phenoxy) is 1. The van der Waals surface area contributed by atoms with Gasteiger partial charge in [0.1, 0.15) is 17.4 Å². The molecule has 46 heavy (non-hydrogen) atoms. The first kappa shape index (κ1) is 31.8. The number of aryl methyl sites for hydroxylation is 2. The molecule has 1 unspecified atom stereocenters. The number of nitrogens with one attached hydrogen (secondary N) is 2. The number of aromatic amines is 2. The summed E-state index contributed by atoms with van der Waals surface area (Å²) in [6.07, 6.45) is 5.47. The molecule has 2 aromatic heterocycles. The van der Waals surface area contributed by atoms with Gasteiger partial charge in [-0.1, -0.05) is 44.5 Å². The standard InChI is InChI=1S/C36H38F2N4O3S/c1-35(2)14-5-15-36(3,23-7-4-6-22(18-23)8-11-31(43)44)34-40-33(41-42-34)27-19-24(9-10-28(27)37)45-32-26(13-17-46-21-35)25-12-16-39-30(25)20-29(32)38/h4,6-7,9-10,12,16,18-20,39H,5,8,11,13-15,17,21H2,1-3H3,(H,43,44)(H,40,41,42). The van der Waals surface area contributed by atoms with Crippen molar-refractivity contribution in [2.75, 3.05) is 11.5 Å². The molecule has 1 aliphatic rings. The number of hydrogen-bond acceptors (Lipinski definition) is 5. The topological polar surface area (TPSA) is 104 Å². The van der Waals surface area contributed by atoms with Crippen molar-refractivity contribution >= 4 is 28.6 Å². The van der Waals surface area contributed by atoms with Crippen molar-refractivity contribution in [3.8, 4) is 22.9 Å². The molecule has 0 saturated heterocycles. The van der Waals surface area contributed by atoms with Gasteiger partial charge in [-0.15, -0.1) is 0 Å². The Bertz CT molecular complexity index is 1880. The number of benzene rings is 3. The number of H-pyrrole nitrogens is 2. The minimum Gasteiger partial charge on any atom is -0.481 e. The van der Waals surface area contributed by atoms with E-state index in [0.29, 0.717) is 24.2 Å². The van der Waals surface area contributed by atoms with Gasteiger partial charge in [0, 0.05) is 35.2 Å². The average Bonchev–Trinajstić information content (AvgIpc) is 3.70. The van der Waals surface area contributed by atoms with Crippen LogP contribution < -0.4 is 4.74 Å². The molecule has 3 heterocycles. The summed E-state index contributed by atoms with van der Waals surface area (Å²) in [5, 5.41) is 17.7. The van der Waals surface area contributed by atoms with Gasteiger partial charge in [0.2, 0.25) is 0 Å². The van der Waals surface area contributed by atoms with Crippen molar-refractivity contribution in [3.63, 3.8) is 0 Å². The summed E-state index contributed by atoms with van der Waals surface area (Å²) in [4.78, 5) is 19.2. The summed E-state index contributed by atoms with van der Waals surface area (Å²) < 4.78 is 37.1. The van der Waals surface area contributed by atoms with E-state index in [-0.39, 0.29) is 34.7 Å². The number of carbonyl (C=O) groups is 1. The van der Waals surface area contributed by atoms with Gasteiger partial charge in [-0.3, -0.25) is 9.89 Å². The molecule has 1 atom stereocenters. The maximum absolute atomic E-state index is 15.5. The first-order chi connectivity index (χ1) is 22.0. The highest BCUT2D eigenvalue weighted by Crippen LogP contribution is 2.41. The summed E-state index contributed by atoms with van der Waals surface area (Å²) in [5.41, 5.74) is 2.97. The number of fused-ring (bicyclic) bond motifs is 8.